The number of β-amino-alcohol motifs (C(OH)–C–C–N with tert-alkyl or cyclic N) is 1. The fourth-order valence-corrected chi connectivity index (χ4v) is 3.39. The first-order chi connectivity index (χ1) is 10.6. The van der Waals surface area contributed by atoms with Gasteiger partial charge in [0.05, 0.1) is 18.2 Å². The zero-order chi connectivity index (χ0) is 15.6. The van der Waals surface area contributed by atoms with Gasteiger partial charge in [-0.25, -0.2) is 0 Å². The molecule has 2 aliphatic rings. The Morgan fingerprint density at radius 3 is 2.45 bits per heavy atom. The van der Waals surface area contributed by atoms with Crippen LogP contribution in [0.5, 0.6) is 0 Å². The van der Waals surface area contributed by atoms with Gasteiger partial charge in [-0.05, 0) is 49.9 Å². The molecule has 0 spiro atoms. The van der Waals surface area contributed by atoms with Crippen molar-refractivity contribution < 1.29 is 9.90 Å². The third kappa shape index (κ3) is 2.79. The van der Waals surface area contributed by atoms with E-state index in [0.717, 1.165) is 44.6 Å². The van der Waals surface area contributed by atoms with Crippen LogP contribution in [0.25, 0.3) is 0 Å². The van der Waals surface area contributed by atoms with Gasteiger partial charge in [0.2, 0.25) is 0 Å². The molecule has 116 valence electrons. The summed E-state index contributed by atoms with van der Waals surface area (Å²) in [5.41, 5.74) is 0.284. The number of nitriles is 1. The van der Waals surface area contributed by atoms with E-state index in [-0.39, 0.29) is 5.91 Å². The second kappa shape index (κ2) is 5.98. The summed E-state index contributed by atoms with van der Waals surface area (Å²) in [5.74, 6) is -0.122. The van der Waals surface area contributed by atoms with Crippen LogP contribution in [-0.2, 0) is 4.79 Å². The van der Waals surface area contributed by atoms with Gasteiger partial charge in [0.25, 0.3) is 5.91 Å². The maximum atomic E-state index is 12.6. The van der Waals surface area contributed by atoms with Crippen LogP contribution in [0.4, 0.5) is 5.69 Å². The summed E-state index contributed by atoms with van der Waals surface area (Å²) in [6.07, 6.45) is 3.37. The minimum atomic E-state index is -1.28. The number of hydrogen-bond donors (Lipinski definition) is 1. The van der Waals surface area contributed by atoms with Crippen LogP contribution in [0.1, 0.15) is 31.2 Å². The van der Waals surface area contributed by atoms with E-state index in [0.29, 0.717) is 18.5 Å². The molecule has 2 heterocycles. The van der Waals surface area contributed by atoms with Crippen LogP contribution in [0, 0.1) is 11.3 Å². The normalized spacial score (nSPS) is 25.1. The number of nitrogens with zero attached hydrogens (tertiary/aromatic N) is 3. The Morgan fingerprint density at radius 2 is 1.82 bits per heavy atom. The minimum absolute atomic E-state index is 0.122. The van der Waals surface area contributed by atoms with E-state index >= 15 is 0 Å². The highest BCUT2D eigenvalue weighted by molar-refractivity contribution is 5.86. The van der Waals surface area contributed by atoms with Crippen molar-refractivity contribution in [1.29, 1.82) is 5.26 Å². The summed E-state index contributed by atoms with van der Waals surface area (Å²) < 4.78 is 0. The van der Waals surface area contributed by atoms with Gasteiger partial charge in [0.15, 0.2) is 5.60 Å². The molecule has 3 rings (SSSR count). The van der Waals surface area contributed by atoms with E-state index in [1.807, 2.05) is 17.0 Å². The summed E-state index contributed by atoms with van der Waals surface area (Å²) in [7, 11) is 0. The molecule has 0 unspecified atom stereocenters. The van der Waals surface area contributed by atoms with Crippen LogP contribution in [0.15, 0.2) is 24.3 Å². The highest BCUT2D eigenvalue weighted by Crippen LogP contribution is 2.28. The molecule has 0 aromatic heterocycles. The largest absolute Gasteiger partial charge is 0.378 e. The SMILES string of the molecule is N#Cc1ccc(N2CCC[C@@](O)(C(=O)N3CCCC3)C2)cc1. The van der Waals surface area contributed by atoms with E-state index in [1.54, 1.807) is 17.0 Å². The molecule has 2 saturated heterocycles. The molecule has 2 aliphatic heterocycles. The van der Waals surface area contributed by atoms with Crippen molar-refractivity contribution in [2.75, 3.05) is 31.1 Å². The highest BCUT2D eigenvalue weighted by Gasteiger charge is 2.43. The van der Waals surface area contributed by atoms with Crippen LogP contribution >= 0.6 is 0 Å². The average Bonchev–Trinajstić information content (AvgIpc) is 3.08. The quantitative estimate of drug-likeness (QED) is 0.899. The van der Waals surface area contributed by atoms with E-state index in [1.165, 1.54) is 0 Å². The van der Waals surface area contributed by atoms with Crippen LogP contribution < -0.4 is 4.90 Å². The number of benzene rings is 1. The van der Waals surface area contributed by atoms with Crippen LogP contribution in [0.3, 0.4) is 0 Å². The zero-order valence-corrected chi connectivity index (χ0v) is 12.7. The third-order valence-electron chi connectivity index (χ3n) is 4.62. The topological polar surface area (TPSA) is 67.6 Å². The van der Waals surface area contributed by atoms with Gasteiger partial charge >= 0.3 is 0 Å². The average molecular weight is 299 g/mol. The molecule has 0 radical (unpaired) electrons. The van der Waals surface area contributed by atoms with Gasteiger partial charge in [0, 0.05) is 25.3 Å². The molecule has 5 nitrogen and oxygen atoms in total. The summed E-state index contributed by atoms with van der Waals surface area (Å²) in [6, 6.07) is 9.40. The first-order valence-corrected chi connectivity index (χ1v) is 7.89. The van der Waals surface area contributed by atoms with Crippen molar-refractivity contribution in [3.05, 3.63) is 29.8 Å². The van der Waals surface area contributed by atoms with Gasteiger partial charge in [-0.3, -0.25) is 4.79 Å². The maximum Gasteiger partial charge on any atom is 0.256 e. The number of aliphatic hydroxyl groups is 1. The van der Waals surface area contributed by atoms with Gasteiger partial charge in [-0.1, -0.05) is 0 Å². The predicted octanol–water partition coefficient (Wildman–Crippen LogP) is 1.51. The summed E-state index contributed by atoms with van der Waals surface area (Å²) in [4.78, 5) is 16.4. The molecule has 1 atom stereocenters. The number of anilines is 1. The number of piperidine rings is 1. The van der Waals surface area contributed by atoms with E-state index in [2.05, 4.69) is 6.07 Å². The fraction of sp³-hybridized carbons (Fsp3) is 0.529. The summed E-state index contributed by atoms with van der Waals surface area (Å²) in [5, 5.41) is 19.7. The fourth-order valence-electron chi connectivity index (χ4n) is 3.39. The lowest BCUT2D eigenvalue weighted by Crippen LogP contribution is -2.57. The number of amides is 1. The second-order valence-electron chi connectivity index (χ2n) is 6.21. The highest BCUT2D eigenvalue weighted by atomic mass is 16.3. The molecule has 0 bridgehead atoms. The molecular formula is C17H21N3O2. The first-order valence-electron chi connectivity index (χ1n) is 7.89. The van der Waals surface area contributed by atoms with Gasteiger partial charge < -0.3 is 14.9 Å². The van der Waals surface area contributed by atoms with Crippen molar-refractivity contribution in [3.8, 4) is 6.07 Å². The zero-order valence-electron chi connectivity index (χ0n) is 12.7. The molecule has 1 aromatic carbocycles. The van der Waals surface area contributed by atoms with E-state index in [4.69, 9.17) is 5.26 Å². The summed E-state index contributed by atoms with van der Waals surface area (Å²) in [6.45, 7) is 2.67. The Hall–Kier alpha value is -2.06. The standard InChI is InChI=1S/C17H21N3O2/c18-12-14-4-6-15(7-5-14)20-11-3-8-17(22,13-20)16(21)19-9-1-2-10-19/h4-7,22H,1-3,8-11,13H2/t17-/m0/s1. The van der Waals surface area contributed by atoms with Crippen LogP contribution in [-0.4, -0.2) is 47.7 Å². The smallest absolute Gasteiger partial charge is 0.256 e. The Bertz CT molecular complexity index is 587. The Balaban J connectivity index is 1.75. The number of rotatable bonds is 2. The molecule has 1 N–H and O–H groups in total. The van der Waals surface area contributed by atoms with Gasteiger partial charge in [-0.15, -0.1) is 0 Å². The lowest BCUT2D eigenvalue weighted by atomic mass is 9.91. The van der Waals surface area contributed by atoms with E-state index < -0.39 is 5.60 Å². The Morgan fingerprint density at radius 1 is 1.14 bits per heavy atom. The van der Waals surface area contributed by atoms with Gasteiger partial charge in [0.1, 0.15) is 0 Å². The monoisotopic (exact) mass is 299 g/mol. The van der Waals surface area contributed by atoms with Crippen molar-refractivity contribution in [2.45, 2.75) is 31.3 Å². The predicted molar refractivity (Wildman–Crippen MR) is 83.4 cm³/mol. The number of carbonyl (C=O) groups is 1. The van der Waals surface area contributed by atoms with E-state index in [9.17, 15) is 9.90 Å². The lowest BCUT2D eigenvalue weighted by Gasteiger charge is -2.41. The second-order valence-corrected chi connectivity index (χ2v) is 6.21. The first kappa shape index (κ1) is 14.9. The Kier molecular flexibility index (Phi) is 4.04. The molecule has 5 heteroatoms. The van der Waals surface area contributed by atoms with Crippen molar-refractivity contribution in [1.82, 2.24) is 4.90 Å². The van der Waals surface area contributed by atoms with Crippen LogP contribution in [0.2, 0.25) is 0 Å². The molecule has 1 aromatic rings. The molecular weight excluding hydrogens is 278 g/mol. The molecule has 0 saturated carbocycles. The molecule has 22 heavy (non-hydrogen) atoms. The van der Waals surface area contributed by atoms with Crippen molar-refractivity contribution >= 4 is 11.6 Å². The van der Waals surface area contributed by atoms with Crippen molar-refractivity contribution in [3.63, 3.8) is 0 Å². The Labute approximate surface area is 130 Å². The van der Waals surface area contributed by atoms with Crippen molar-refractivity contribution in [2.24, 2.45) is 0 Å². The number of carbonyl (C=O) groups excluding carboxylic acids is 1. The molecule has 2 fully saturated rings. The molecule has 1 amide bonds. The summed E-state index contributed by atoms with van der Waals surface area (Å²) >= 11 is 0. The third-order valence-corrected chi connectivity index (χ3v) is 4.62. The number of hydrogen-bond acceptors (Lipinski definition) is 4. The molecule has 0 aliphatic carbocycles. The maximum absolute atomic E-state index is 12.6. The lowest BCUT2D eigenvalue weighted by molar-refractivity contribution is -0.151. The van der Waals surface area contributed by atoms with Gasteiger partial charge in [-0.2, -0.15) is 5.26 Å². The minimum Gasteiger partial charge on any atom is -0.378 e. The number of likely N-dealkylation sites (tertiary alicyclic amines) is 1.